The van der Waals surface area contributed by atoms with Crippen molar-refractivity contribution in [3.05, 3.63) is 23.5 Å². The van der Waals surface area contributed by atoms with Crippen molar-refractivity contribution in [2.45, 2.75) is 164 Å². The molecule has 5 rings (SSSR count). The molecule has 5 aliphatic rings. The van der Waals surface area contributed by atoms with E-state index in [-0.39, 0.29) is 15.8 Å². The van der Waals surface area contributed by atoms with Crippen molar-refractivity contribution in [1.82, 2.24) is 0 Å². The zero-order chi connectivity index (χ0) is 22.5. The average molecular weight is 487 g/mol. The first-order valence-electron chi connectivity index (χ1n) is 15.3. The molecule has 5 aliphatic carbocycles. The highest BCUT2D eigenvalue weighted by atomic mass is 31.1. The van der Waals surface area contributed by atoms with Crippen LogP contribution >= 0.6 is 15.8 Å². The van der Waals surface area contributed by atoms with E-state index in [9.17, 15) is 0 Å². The average Bonchev–Trinajstić information content (AvgIpc) is 3.36. The first-order chi connectivity index (χ1) is 16.3. The molecule has 0 amide bonds. The highest BCUT2D eigenvalue weighted by molar-refractivity contribution is 7.64. The topological polar surface area (TPSA) is 0 Å². The molecule has 0 bridgehead atoms. The Bertz CT molecular complexity index is 606. The van der Waals surface area contributed by atoms with Gasteiger partial charge in [-0.3, -0.25) is 0 Å². The second-order valence-electron chi connectivity index (χ2n) is 12.3. The van der Waals surface area contributed by atoms with Gasteiger partial charge in [-0.05, 0) is 85.0 Å². The quantitative estimate of drug-likeness (QED) is 0.314. The Labute approximate surface area is 208 Å². The maximum Gasteiger partial charge on any atom is 0.00908 e. The fraction of sp³-hybridized carbons (Fsp3) is 0.871. The monoisotopic (exact) mass is 486 g/mol. The van der Waals surface area contributed by atoms with Gasteiger partial charge >= 0.3 is 0 Å². The van der Waals surface area contributed by atoms with E-state index in [4.69, 9.17) is 0 Å². The largest absolute Gasteiger partial charge is 0.0965 e. The van der Waals surface area contributed by atoms with Crippen LogP contribution in [0.5, 0.6) is 0 Å². The van der Waals surface area contributed by atoms with Gasteiger partial charge in [0.05, 0.1) is 0 Å². The van der Waals surface area contributed by atoms with Crippen molar-refractivity contribution < 1.29 is 0 Å². The Morgan fingerprint density at radius 3 is 1.39 bits per heavy atom. The lowest BCUT2D eigenvalue weighted by Gasteiger charge is -2.46. The summed E-state index contributed by atoms with van der Waals surface area (Å²) in [7, 11) is 0.242. The Morgan fingerprint density at radius 2 is 0.970 bits per heavy atom. The molecule has 0 saturated heterocycles. The molecule has 0 spiro atoms. The fourth-order valence-corrected chi connectivity index (χ4v) is 17.3. The van der Waals surface area contributed by atoms with Crippen molar-refractivity contribution in [2.75, 3.05) is 0 Å². The van der Waals surface area contributed by atoms with Crippen molar-refractivity contribution in [3.63, 3.8) is 0 Å². The summed E-state index contributed by atoms with van der Waals surface area (Å²) in [6.45, 7) is 2.76. The smallest absolute Gasteiger partial charge is 0.00908 e. The first-order valence-corrected chi connectivity index (χ1v) is 18.3. The minimum absolute atomic E-state index is 0.0795. The van der Waals surface area contributed by atoms with E-state index in [1.165, 1.54) is 77.0 Å². The van der Waals surface area contributed by atoms with Crippen LogP contribution in [0, 0.1) is 5.92 Å². The molecule has 2 atom stereocenters. The number of rotatable bonds is 7. The standard InChI is InChI=1S/C31H52P2/c1-25(32(26-15-6-2-7-16-26)27-17-8-3-9-18-27)30-23-14-24-31(30)33(28-19-10-4-11-20-28)29-21-12-5-13-22-29/h14,23-30H,2-13,15-22H2,1H3/t25-,30?/m0/s1. The second kappa shape index (κ2) is 12.5. The molecule has 186 valence electrons. The zero-order valence-corrected chi connectivity index (χ0v) is 23.5. The van der Waals surface area contributed by atoms with E-state index in [0.717, 1.165) is 34.2 Å². The molecule has 2 heteroatoms. The van der Waals surface area contributed by atoms with Gasteiger partial charge in [0.1, 0.15) is 0 Å². The number of allylic oxidation sites excluding steroid dienone is 4. The summed E-state index contributed by atoms with van der Waals surface area (Å²) in [4.78, 5) is 0. The molecule has 0 nitrogen and oxygen atoms in total. The fourth-order valence-electron chi connectivity index (χ4n) is 8.49. The Balaban J connectivity index is 1.39. The Kier molecular flexibility index (Phi) is 9.50. The van der Waals surface area contributed by atoms with Crippen LogP contribution in [0.25, 0.3) is 0 Å². The predicted molar refractivity (Wildman–Crippen MR) is 152 cm³/mol. The van der Waals surface area contributed by atoms with Crippen LogP contribution in [0.3, 0.4) is 0 Å². The van der Waals surface area contributed by atoms with Gasteiger partial charge in [0.15, 0.2) is 0 Å². The summed E-state index contributed by atoms with van der Waals surface area (Å²) in [5, 5.41) is 2.01. The maximum atomic E-state index is 2.76. The number of hydrogen-bond acceptors (Lipinski definition) is 0. The summed E-state index contributed by atoms with van der Waals surface area (Å²) in [6.07, 6.45) is 38.7. The van der Waals surface area contributed by atoms with Crippen LogP contribution in [0.2, 0.25) is 0 Å². The van der Waals surface area contributed by atoms with Crippen LogP contribution in [-0.4, -0.2) is 28.3 Å². The molecule has 0 heterocycles. The van der Waals surface area contributed by atoms with E-state index < -0.39 is 0 Å². The van der Waals surface area contributed by atoms with Crippen molar-refractivity contribution in [1.29, 1.82) is 0 Å². The minimum Gasteiger partial charge on any atom is -0.0965 e. The lowest BCUT2D eigenvalue weighted by Crippen LogP contribution is -2.30. The van der Waals surface area contributed by atoms with Crippen LogP contribution < -0.4 is 0 Å². The van der Waals surface area contributed by atoms with Gasteiger partial charge in [-0.2, -0.15) is 0 Å². The third kappa shape index (κ3) is 6.02. The van der Waals surface area contributed by atoms with Crippen LogP contribution in [0.4, 0.5) is 0 Å². The summed E-state index contributed by atoms with van der Waals surface area (Å²) in [5.41, 5.74) is 5.25. The van der Waals surface area contributed by atoms with E-state index in [2.05, 4.69) is 25.2 Å². The van der Waals surface area contributed by atoms with E-state index in [0.29, 0.717) is 0 Å². The lowest BCUT2D eigenvalue weighted by molar-refractivity contribution is 0.477. The molecule has 0 aromatic carbocycles. The van der Waals surface area contributed by atoms with Crippen molar-refractivity contribution in [3.8, 4) is 0 Å². The molecule has 0 N–H and O–H groups in total. The third-order valence-corrected chi connectivity index (χ3v) is 17.8. The second-order valence-corrected chi connectivity index (χ2v) is 18.2. The van der Waals surface area contributed by atoms with Gasteiger partial charge in [-0.1, -0.05) is 118 Å². The SMILES string of the molecule is C[C@@H](C1C=CC=C1P(C1CCCCC1)C1CCCCC1)P(C1CCCCC1)C1CCCCC1. The maximum absolute atomic E-state index is 2.76. The van der Waals surface area contributed by atoms with Crippen LogP contribution in [0.1, 0.15) is 135 Å². The summed E-state index contributed by atoms with van der Waals surface area (Å²) < 4.78 is 0. The molecule has 0 aromatic rings. The molecule has 4 saturated carbocycles. The van der Waals surface area contributed by atoms with E-state index in [1.54, 1.807) is 51.4 Å². The van der Waals surface area contributed by atoms with Gasteiger partial charge in [0.25, 0.3) is 0 Å². The minimum atomic E-state index is 0.0795. The van der Waals surface area contributed by atoms with Crippen LogP contribution in [0.15, 0.2) is 23.5 Å². The predicted octanol–water partition coefficient (Wildman–Crippen LogP) is 10.7. The van der Waals surface area contributed by atoms with E-state index >= 15 is 0 Å². The number of hydrogen-bond donors (Lipinski definition) is 0. The highest BCUT2D eigenvalue weighted by Gasteiger charge is 2.42. The molecule has 4 fully saturated rings. The van der Waals surface area contributed by atoms with Gasteiger partial charge in [0.2, 0.25) is 0 Å². The molecule has 1 unspecified atom stereocenters. The Morgan fingerprint density at radius 1 is 0.576 bits per heavy atom. The van der Waals surface area contributed by atoms with Crippen molar-refractivity contribution in [2.24, 2.45) is 5.92 Å². The summed E-state index contributed by atoms with van der Waals surface area (Å²) in [5.74, 6) is 0.815. The molecule has 0 aromatic heterocycles. The molecular weight excluding hydrogens is 434 g/mol. The van der Waals surface area contributed by atoms with Gasteiger partial charge in [-0.25, -0.2) is 0 Å². The van der Waals surface area contributed by atoms with Gasteiger partial charge in [0, 0.05) is 5.92 Å². The van der Waals surface area contributed by atoms with Crippen LogP contribution in [-0.2, 0) is 0 Å². The molecular formula is C31H52P2. The lowest BCUT2D eigenvalue weighted by atomic mass is 9.99. The normalized spacial score (nSPS) is 30.3. The first kappa shape index (κ1) is 25.0. The van der Waals surface area contributed by atoms with Crippen molar-refractivity contribution >= 4 is 15.8 Å². The molecule has 0 radical (unpaired) electrons. The zero-order valence-electron chi connectivity index (χ0n) is 21.7. The summed E-state index contributed by atoms with van der Waals surface area (Å²) in [6, 6.07) is 0. The molecule has 33 heavy (non-hydrogen) atoms. The van der Waals surface area contributed by atoms with Gasteiger partial charge in [-0.15, -0.1) is 0 Å². The summed E-state index contributed by atoms with van der Waals surface area (Å²) >= 11 is 0. The van der Waals surface area contributed by atoms with Gasteiger partial charge < -0.3 is 0 Å². The molecule has 0 aliphatic heterocycles. The third-order valence-electron chi connectivity index (χ3n) is 10.1. The van der Waals surface area contributed by atoms with E-state index in [1.807, 2.05) is 5.31 Å². The Hall–Kier alpha value is 0.340. The highest BCUT2D eigenvalue weighted by Crippen LogP contribution is 2.68.